The summed E-state index contributed by atoms with van der Waals surface area (Å²) in [7, 11) is 1.52. The summed E-state index contributed by atoms with van der Waals surface area (Å²) < 4.78 is 5.98. The summed E-state index contributed by atoms with van der Waals surface area (Å²) >= 11 is 9.34. The fourth-order valence-corrected chi connectivity index (χ4v) is 2.45. The first-order valence-corrected chi connectivity index (χ1v) is 6.88. The molecule has 0 fully saturated rings. The number of hydrogen-bond donors (Lipinski definition) is 2. The molecule has 0 aliphatic carbocycles. The van der Waals surface area contributed by atoms with Gasteiger partial charge in [-0.15, -0.1) is 0 Å². The molecule has 0 aromatic heterocycles. The minimum atomic E-state index is -0.327. The first kappa shape index (κ1) is 14.7. The quantitative estimate of drug-likeness (QED) is 0.820. The summed E-state index contributed by atoms with van der Waals surface area (Å²) in [5.74, 6) is 0.201. The van der Waals surface area contributed by atoms with E-state index < -0.39 is 0 Å². The topological polar surface area (TPSA) is 64.3 Å². The van der Waals surface area contributed by atoms with Gasteiger partial charge in [0.05, 0.1) is 23.4 Å². The number of benzene rings is 2. The summed E-state index contributed by atoms with van der Waals surface area (Å²) in [5, 5.41) is 3.10. The van der Waals surface area contributed by atoms with Gasteiger partial charge in [-0.2, -0.15) is 0 Å². The molecule has 0 unspecified atom stereocenters. The van der Waals surface area contributed by atoms with Gasteiger partial charge in [-0.1, -0.05) is 27.5 Å². The number of rotatable bonds is 3. The number of anilines is 2. The molecule has 0 heterocycles. The Morgan fingerprint density at radius 2 is 2.05 bits per heavy atom. The SMILES string of the molecule is COc1ccc(N)cc1NC(=O)c1ccc(Br)cc1Cl. The molecule has 0 radical (unpaired) electrons. The van der Waals surface area contributed by atoms with Crippen LogP contribution in [0.4, 0.5) is 11.4 Å². The van der Waals surface area contributed by atoms with Crippen molar-refractivity contribution in [3.8, 4) is 5.75 Å². The van der Waals surface area contributed by atoms with Crippen LogP contribution < -0.4 is 15.8 Å². The Morgan fingerprint density at radius 3 is 2.70 bits per heavy atom. The summed E-state index contributed by atoms with van der Waals surface area (Å²) in [6.45, 7) is 0. The van der Waals surface area contributed by atoms with E-state index in [9.17, 15) is 4.79 Å². The van der Waals surface area contributed by atoms with Crippen molar-refractivity contribution in [3.05, 3.63) is 51.5 Å². The zero-order valence-electron chi connectivity index (χ0n) is 10.6. The molecule has 2 aromatic carbocycles. The highest BCUT2D eigenvalue weighted by molar-refractivity contribution is 9.10. The van der Waals surface area contributed by atoms with Crippen LogP contribution in [0.25, 0.3) is 0 Å². The normalized spacial score (nSPS) is 10.2. The monoisotopic (exact) mass is 354 g/mol. The van der Waals surface area contributed by atoms with Crippen LogP contribution in [0.2, 0.25) is 5.02 Å². The molecule has 0 aliphatic heterocycles. The van der Waals surface area contributed by atoms with Crippen molar-refractivity contribution in [2.75, 3.05) is 18.2 Å². The van der Waals surface area contributed by atoms with Gasteiger partial charge in [0.2, 0.25) is 0 Å². The highest BCUT2D eigenvalue weighted by atomic mass is 79.9. The van der Waals surface area contributed by atoms with Crippen LogP contribution in [0.5, 0.6) is 5.75 Å². The van der Waals surface area contributed by atoms with Gasteiger partial charge in [-0.05, 0) is 36.4 Å². The minimum absolute atomic E-state index is 0.327. The maximum Gasteiger partial charge on any atom is 0.257 e. The van der Waals surface area contributed by atoms with Crippen LogP contribution in [-0.4, -0.2) is 13.0 Å². The lowest BCUT2D eigenvalue weighted by atomic mass is 10.2. The van der Waals surface area contributed by atoms with Gasteiger partial charge in [0.15, 0.2) is 0 Å². The Labute approximate surface area is 130 Å². The van der Waals surface area contributed by atoms with Crippen LogP contribution in [0.3, 0.4) is 0 Å². The Hall–Kier alpha value is -1.72. The number of carbonyl (C=O) groups excluding carboxylic acids is 1. The average Bonchev–Trinajstić information content (AvgIpc) is 2.38. The zero-order chi connectivity index (χ0) is 14.7. The Balaban J connectivity index is 2.30. The molecular formula is C14H12BrClN2O2. The number of methoxy groups -OCH3 is 1. The van der Waals surface area contributed by atoms with E-state index in [4.69, 9.17) is 22.1 Å². The van der Waals surface area contributed by atoms with E-state index in [1.807, 2.05) is 0 Å². The van der Waals surface area contributed by atoms with Crippen molar-refractivity contribution in [1.82, 2.24) is 0 Å². The van der Waals surface area contributed by atoms with E-state index >= 15 is 0 Å². The highest BCUT2D eigenvalue weighted by Crippen LogP contribution is 2.28. The van der Waals surface area contributed by atoms with E-state index in [1.165, 1.54) is 7.11 Å². The maximum atomic E-state index is 12.2. The molecule has 3 N–H and O–H groups in total. The van der Waals surface area contributed by atoms with Gasteiger partial charge in [-0.25, -0.2) is 0 Å². The fourth-order valence-electron chi connectivity index (χ4n) is 1.69. The van der Waals surface area contributed by atoms with Crippen molar-refractivity contribution >= 4 is 44.8 Å². The predicted octanol–water partition coefficient (Wildman–Crippen LogP) is 3.95. The number of carbonyl (C=O) groups is 1. The molecule has 0 spiro atoms. The van der Waals surface area contributed by atoms with E-state index in [0.29, 0.717) is 27.7 Å². The molecule has 0 saturated heterocycles. The third-order valence-electron chi connectivity index (χ3n) is 2.65. The Morgan fingerprint density at radius 1 is 1.30 bits per heavy atom. The fraction of sp³-hybridized carbons (Fsp3) is 0.0714. The average molecular weight is 356 g/mol. The second kappa shape index (κ2) is 6.15. The first-order valence-electron chi connectivity index (χ1n) is 5.71. The summed E-state index contributed by atoms with van der Waals surface area (Å²) in [6.07, 6.45) is 0. The zero-order valence-corrected chi connectivity index (χ0v) is 13.0. The van der Waals surface area contributed by atoms with Crippen molar-refractivity contribution in [2.24, 2.45) is 0 Å². The molecule has 0 saturated carbocycles. The molecule has 2 rings (SSSR count). The Bertz CT molecular complexity index is 662. The van der Waals surface area contributed by atoms with Gasteiger partial charge in [0.25, 0.3) is 5.91 Å². The number of ether oxygens (including phenoxy) is 1. The smallest absolute Gasteiger partial charge is 0.257 e. The predicted molar refractivity (Wildman–Crippen MR) is 84.5 cm³/mol. The maximum absolute atomic E-state index is 12.2. The lowest BCUT2D eigenvalue weighted by Gasteiger charge is -2.11. The van der Waals surface area contributed by atoms with Crippen LogP contribution in [0, 0.1) is 0 Å². The molecule has 104 valence electrons. The van der Waals surface area contributed by atoms with E-state index in [1.54, 1.807) is 36.4 Å². The number of nitrogen functional groups attached to an aromatic ring is 1. The number of hydrogen-bond acceptors (Lipinski definition) is 3. The molecular weight excluding hydrogens is 344 g/mol. The third kappa shape index (κ3) is 3.23. The van der Waals surface area contributed by atoms with Crippen LogP contribution in [0.15, 0.2) is 40.9 Å². The van der Waals surface area contributed by atoms with Gasteiger partial charge in [0.1, 0.15) is 5.75 Å². The number of nitrogens with one attached hydrogen (secondary N) is 1. The molecule has 0 bridgehead atoms. The summed E-state index contributed by atoms with van der Waals surface area (Å²) in [5.41, 5.74) is 7.11. The molecule has 2 aromatic rings. The third-order valence-corrected chi connectivity index (χ3v) is 3.45. The van der Waals surface area contributed by atoms with Crippen molar-refractivity contribution in [2.45, 2.75) is 0 Å². The van der Waals surface area contributed by atoms with Crippen LogP contribution in [0.1, 0.15) is 10.4 Å². The molecule has 0 aliphatic rings. The van der Waals surface area contributed by atoms with E-state index in [2.05, 4.69) is 21.2 Å². The number of halogens is 2. The second-order valence-electron chi connectivity index (χ2n) is 4.04. The highest BCUT2D eigenvalue weighted by Gasteiger charge is 2.13. The van der Waals surface area contributed by atoms with Gasteiger partial charge >= 0.3 is 0 Å². The second-order valence-corrected chi connectivity index (χ2v) is 5.36. The minimum Gasteiger partial charge on any atom is -0.495 e. The van der Waals surface area contributed by atoms with Gasteiger partial charge < -0.3 is 15.8 Å². The van der Waals surface area contributed by atoms with E-state index in [0.717, 1.165) is 4.47 Å². The lowest BCUT2D eigenvalue weighted by Crippen LogP contribution is -2.13. The van der Waals surface area contributed by atoms with Crippen LogP contribution in [-0.2, 0) is 0 Å². The van der Waals surface area contributed by atoms with E-state index in [-0.39, 0.29) is 5.91 Å². The van der Waals surface area contributed by atoms with Gasteiger partial charge in [0, 0.05) is 10.2 Å². The van der Waals surface area contributed by atoms with Crippen molar-refractivity contribution in [1.29, 1.82) is 0 Å². The lowest BCUT2D eigenvalue weighted by molar-refractivity contribution is 0.102. The number of amides is 1. The van der Waals surface area contributed by atoms with Gasteiger partial charge in [-0.3, -0.25) is 4.79 Å². The molecule has 0 atom stereocenters. The van der Waals surface area contributed by atoms with Crippen molar-refractivity contribution in [3.63, 3.8) is 0 Å². The Kier molecular flexibility index (Phi) is 4.52. The molecule has 1 amide bonds. The molecule has 4 nitrogen and oxygen atoms in total. The molecule has 20 heavy (non-hydrogen) atoms. The van der Waals surface area contributed by atoms with Crippen LogP contribution >= 0.6 is 27.5 Å². The number of nitrogens with two attached hydrogens (primary N) is 1. The standard InChI is InChI=1S/C14H12BrClN2O2/c1-20-13-5-3-9(17)7-12(13)18-14(19)10-4-2-8(15)6-11(10)16/h2-7H,17H2,1H3,(H,18,19). The molecule has 6 heteroatoms. The summed E-state index contributed by atoms with van der Waals surface area (Å²) in [6, 6.07) is 10.1. The van der Waals surface area contributed by atoms with Crippen molar-refractivity contribution < 1.29 is 9.53 Å². The summed E-state index contributed by atoms with van der Waals surface area (Å²) in [4.78, 5) is 12.2. The largest absolute Gasteiger partial charge is 0.495 e. The first-order chi connectivity index (χ1) is 9.51.